The number of benzene rings is 1. The highest BCUT2D eigenvalue weighted by Gasteiger charge is 2.41. The minimum absolute atomic E-state index is 0.122. The van der Waals surface area contributed by atoms with Gasteiger partial charge in [-0.25, -0.2) is 4.98 Å². The zero-order chi connectivity index (χ0) is 17.4. The van der Waals surface area contributed by atoms with Crippen LogP contribution in [0.1, 0.15) is 29.6 Å². The Balaban J connectivity index is 1.58. The Labute approximate surface area is 148 Å². The summed E-state index contributed by atoms with van der Waals surface area (Å²) in [4.78, 5) is 27.5. The Kier molecular flexibility index (Phi) is 4.25. The van der Waals surface area contributed by atoms with Crippen molar-refractivity contribution >= 4 is 16.9 Å². The van der Waals surface area contributed by atoms with E-state index in [9.17, 15) is 4.79 Å². The number of carbonyl (C=O) groups is 1. The van der Waals surface area contributed by atoms with E-state index >= 15 is 0 Å². The van der Waals surface area contributed by atoms with E-state index in [0.717, 1.165) is 68.6 Å². The fraction of sp³-hybridized carbons (Fsp3) is 0.579. The molecule has 1 amide bonds. The third-order valence-corrected chi connectivity index (χ3v) is 6.09. The molecule has 1 aromatic heterocycles. The predicted molar refractivity (Wildman–Crippen MR) is 98.7 cm³/mol. The van der Waals surface area contributed by atoms with Gasteiger partial charge in [0.05, 0.1) is 17.4 Å². The van der Waals surface area contributed by atoms with Crippen LogP contribution in [0, 0.1) is 0 Å². The maximum absolute atomic E-state index is 13.2. The molecular weight excluding hydrogens is 314 g/mol. The first-order chi connectivity index (χ1) is 12.1. The zero-order valence-corrected chi connectivity index (χ0v) is 15.2. The van der Waals surface area contributed by atoms with Crippen LogP contribution in [-0.2, 0) is 0 Å². The molecule has 3 heterocycles. The topological polar surface area (TPSA) is 55.5 Å². The van der Waals surface area contributed by atoms with Gasteiger partial charge in [0.15, 0.2) is 0 Å². The number of imidazole rings is 1. The molecule has 1 N–H and O–H groups in total. The molecule has 2 saturated heterocycles. The number of likely N-dealkylation sites (N-methyl/N-ethyl adjacent to an activating group) is 1. The van der Waals surface area contributed by atoms with E-state index in [0.29, 0.717) is 0 Å². The molecule has 2 aliphatic heterocycles. The number of nitrogens with one attached hydrogen (secondary N) is 1. The lowest BCUT2D eigenvalue weighted by atomic mass is 9.85. The third kappa shape index (κ3) is 3.04. The number of carbonyl (C=O) groups excluding carboxylic acids is 1. The summed E-state index contributed by atoms with van der Waals surface area (Å²) in [6, 6.07) is 5.76. The van der Waals surface area contributed by atoms with Gasteiger partial charge in [-0.1, -0.05) is 0 Å². The van der Waals surface area contributed by atoms with E-state index in [4.69, 9.17) is 0 Å². The van der Waals surface area contributed by atoms with Crippen molar-refractivity contribution in [3.63, 3.8) is 0 Å². The Morgan fingerprint density at radius 1 is 1.16 bits per heavy atom. The minimum Gasteiger partial charge on any atom is -0.345 e. The minimum atomic E-state index is 0.122. The standard InChI is InChI=1S/C19H27N5O/c1-22-10-6-19(7-11-22)13-24(9-3-8-23(19)2)18(25)15-4-5-16-17(12-15)21-14-20-16/h4-5,12,14H,3,6-11,13H2,1-2H3,(H,20,21). The molecule has 0 aliphatic carbocycles. The number of hydrogen-bond donors (Lipinski definition) is 1. The van der Waals surface area contributed by atoms with Crippen molar-refractivity contribution in [1.29, 1.82) is 0 Å². The summed E-state index contributed by atoms with van der Waals surface area (Å²) in [5.41, 5.74) is 2.70. The summed E-state index contributed by atoms with van der Waals surface area (Å²) in [5, 5.41) is 0. The van der Waals surface area contributed by atoms with Crippen molar-refractivity contribution in [2.45, 2.75) is 24.8 Å². The number of likely N-dealkylation sites (tertiary alicyclic amines) is 1. The van der Waals surface area contributed by atoms with Crippen molar-refractivity contribution in [2.24, 2.45) is 0 Å². The van der Waals surface area contributed by atoms with Crippen LogP contribution < -0.4 is 0 Å². The lowest BCUT2D eigenvalue weighted by molar-refractivity contribution is 0.0317. The van der Waals surface area contributed by atoms with Crippen LogP contribution in [0.2, 0.25) is 0 Å². The predicted octanol–water partition coefficient (Wildman–Crippen LogP) is 1.80. The number of nitrogens with zero attached hydrogens (tertiary/aromatic N) is 4. The summed E-state index contributed by atoms with van der Waals surface area (Å²) in [5.74, 6) is 0.144. The largest absolute Gasteiger partial charge is 0.345 e. The quantitative estimate of drug-likeness (QED) is 0.859. The second kappa shape index (κ2) is 6.42. The Morgan fingerprint density at radius 3 is 2.76 bits per heavy atom. The monoisotopic (exact) mass is 341 g/mol. The molecule has 0 radical (unpaired) electrons. The normalized spacial score (nSPS) is 22.4. The molecule has 0 atom stereocenters. The fourth-order valence-corrected chi connectivity index (χ4v) is 4.29. The van der Waals surface area contributed by atoms with Crippen LogP contribution in [0.25, 0.3) is 11.0 Å². The molecule has 1 aromatic carbocycles. The number of aromatic amines is 1. The van der Waals surface area contributed by atoms with E-state index in [1.54, 1.807) is 6.33 Å². The van der Waals surface area contributed by atoms with E-state index in [1.807, 2.05) is 18.2 Å². The summed E-state index contributed by atoms with van der Waals surface area (Å²) in [6.45, 7) is 4.94. The molecular formula is C19H27N5O. The number of H-pyrrole nitrogens is 1. The van der Waals surface area contributed by atoms with Crippen LogP contribution in [0.5, 0.6) is 0 Å². The number of fused-ring (bicyclic) bond motifs is 1. The first-order valence-corrected chi connectivity index (χ1v) is 9.20. The zero-order valence-electron chi connectivity index (χ0n) is 15.2. The maximum atomic E-state index is 13.2. The molecule has 0 saturated carbocycles. The van der Waals surface area contributed by atoms with Gasteiger partial charge in [0, 0.05) is 30.7 Å². The van der Waals surface area contributed by atoms with E-state index < -0.39 is 0 Å². The van der Waals surface area contributed by atoms with E-state index in [2.05, 4.69) is 38.8 Å². The van der Waals surface area contributed by atoms with Crippen molar-refractivity contribution in [2.75, 3.05) is 46.8 Å². The van der Waals surface area contributed by atoms with E-state index in [1.165, 1.54) is 0 Å². The molecule has 4 rings (SSSR count). The van der Waals surface area contributed by atoms with Crippen LogP contribution in [0.4, 0.5) is 0 Å². The Morgan fingerprint density at radius 2 is 1.96 bits per heavy atom. The van der Waals surface area contributed by atoms with Crippen molar-refractivity contribution in [1.82, 2.24) is 24.7 Å². The van der Waals surface area contributed by atoms with Gasteiger partial charge >= 0.3 is 0 Å². The summed E-state index contributed by atoms with van der Waals surface area (Å²) < 4.78 is 0. The van der Waals surface area contributed by atoms with Gasteiger partial charge in [0.2, 0.25) is 0 Å². The molecule has 0 bridgehead atoms. The molecule has 6 nitrogen and oxygen atoms in total. The molecule has 25 heavy (non-hydrogen) atoms. The Hall–Kier alpha value is -1.92. The third-order valence-electron chi connectivity index (χ3n) is 6.09. The van der Waals surface area contributed by atoms with Crippen LogP contribution in [0.15, 0.2) is 24.5 Å². The van der Waals surface area contributed by atoms with Gasteiger partial charge in [-0.05, 0) is 64.6 Å². The highest BCUT2D eigenvalue weighted by molar-refractivity contribution is 5.97. The molecule has 0 unspecified atom stereocenters. The Bertz CT molecular complexity index is 762. The van der Waals surface area contributed by atoms with Crippen LogP contribution >= 0.6 is 0 Å². The average molecular weight is 341 g/mol. The summed E-state index contributed by atoms with van der Waals surface area (Å²) in [7, 11) is 4.42. The number of hydrogen-bond acceptors (Lipinski definition) is 4. The van der Waals surface area contributed by atoms with Gasteiger partial charge in [-0.2, -0.15) is 0 Å². The van der Waals surface area contributed by atoms with Crippen molar-refractivity contribution in [3.05, 3.63) is 30.1 Å². The highest BCUT2D eigenvalue weighted by atomic mass is 16.2. The number of piperidine rings is 1. The first kappa shape index (κ1) is 16.5. The SMILES string of the molecule is CN1CCC2(CC1)CN(C(=O)c1ccc3nc[nH]c3c1)CCCN2C. The summed E-state index contributed by atoms with van der Waals surface area (Å²) >= 11 is 0. The van der Waals surface area contributed by atoms with E-state index in [-0.39, 0.29) is 11.4 Å². The van der Waals surface area contributed by atoms with Gasteiger partial charge in [0.1, 0.15) is 0 Å². The van der Waals surface area contributed by atoms with Gasteiger partial charge < -0.3 is 14.8 Å². The smallest absolute Gasteiger partial charge is 0.253 e. The van der Waals surface area contributed by atoms with Crippen molar-refractivity contribution < 1.29 is 4.79 Å². The molecule has 2 aromatic rings. The van der Waals surface area contributed by atoms with Gasteiger partial charge in [-0.15, -0.1) is 0 Å². The molecule has 2 fully saturated rings. The first-order valence-electron chi connectivity index (χ1n) is 9.20. The fourth-order valence-electron chi connectivity index (χ4n) is 4.29. The second-order valence-corrected chi connectivity index (χ2v) is 7.66. The molecule has 2 aliphatic rings. The average Bonchev–Trinajstić information content (AvgIpc) is 3.03. The molecule has 1 spiro atoms. The molecule has 134 valence electrons. The lowest BCUT2D eigenvalue weighted by Crippen LogP contribution is -2.58. The summed E-state index contributed by atoms with van der Waals surface area (Å²) in [6.07, 6.45) is 4.96. The van der Waals surface area contributed by atoms with Crippen LogP contribution in [-0.4, -0.2) is 82.9 Å². The number of aromatic nitrogens is 2. The number of rotatable bonds is 1. The highest BCUT2D eigenvalue weighted by Crippen LogP contribution is 2.31. The van der Waals surface area contributed by atoms with Gasteiger partial charge in [0.25, 0.3) is 5.91 Å². The van der Waals surface area contributed by atoms with Gasteiger partial charge in [-0.3, -0.25) is 9.69 Å². The maximum Gasteiger partial charge on any atom is 0.253 e. The second-order valence-electron chi connectivity index (χ2n) is 7.66. The lowest BCUT2D eigenvalue weighted by Gasteiger charge is -2.47. The van der Waals surface area contributed by atoms with Crippen LogP contribution in [0.3, 0.4) is 0 Å². The number of amides is 1. The molecule has 6 heteroatoms. The van der Waals surface area contributed by atoms with Crippen molar-refractivity contribution in [3.8, 4) is 0 Å².